The Hall–Kier alpha value is -1.79. The van der Waals surface area contributed by atoms with Crippen molar-refractivity contribution in [3.05, 3.63) is 29.1 Å². The predicted molar refractivity (Wildman–Crippen MR) is 47.2 cm³/mol. The van der Waals surface area contributed by atoms with Crippen LogP contribution in [0.15, 0.2) is 12.1 Å². The van der Waals surface area contributed by atoms with E-state index in [4.69, 9.17) is 5.73 Å². The maximum Gasteiger partial charge on any atom is 0.421 e. The third-order valence-corrected chi connectivity index (χ3v) is 1.83. The van der Waals surface area contributed by atoms with Gasteiger partial charge in [0.1, 0.15) is 11.4 Å². The first-order valence-corrected chi connectivity index (χ1v) is 4.02. The van der Waals surface area contributed by atoms with Gasteiger partial charge in [-0.3, -0.25) is 0 Å². The molecule has 16 heavy (non-hydrogen) atoms. The fourth-order valence-corrected chi connectivity index (χ4v) is 1.16. The summed E-state index contributed by atoms with van der Waals surface area (Å²) in [7, 11) is 1.02. The number of esters is 1. The summed E-state index contributed by atoms with van der Waals surface area (Å²) in [4.78, 5) is 11.0. The Kier molecular flexibility index (Phi) is 3.06. The Bertz CT molecular complexity index is 405. The molecule has 0 radical (unpaired) electrons. The average Bonchev–Trinajstić information content (AvgIpc) is 2.13. The van der Waals surface area contributed by atoms with Gasteiger partial charge in [0.15, 0.2) is 0 Å². The number of halogens is 4. The van der Waals surface area contributed by atoms with E-state index >= 15 is 0 Å². The molecule has 0 spiro atoms. The lowest BCUT2D eigenvalue weighted by atomic mass is 10.1. The average molecular weight is 237 g/mol. The number of ether oxygens (including phenoxy) is 1. The second kappa shape index (κ2) is 3.99. The Morgan fingerprint density at radius 2 is 1.94 bits per heavy atom. The van der Waals surface area contributed by atoms with Crippen LogP contribution in [0.1, 0.15) is 15.9 Å². The molecule has 0 heterocycles. The summed E-state index contributed by atoms with van der Waals surface area (Å²) in [6.45, 7) is 0. The lowest BCUT2D eigenvalue weighted by Crippen LogP contribution is -2.14. The van der Waals surface area contributed by atoms with E-state index < -0.39 is 29.2 Å². The first-order valence-electron chi connectivity index (χ1n) is 4.02. The first-order chi connectivity index (χ1) is 7.27. The van der Waals surface area contributed by atoms with Crippen molar-refractivity contribution >= 4 is 11.7 Å². The van der Waals surface area contributed by atoms with Crippen LogP contribution < -0.4 is 5.73 Å². The van der Waals surface area contributed by atoms with Gasteiger partial charge in [-0.25, -0.2) is 9.18 Å². The molecule has 0 amide bonds. The van der Waals surface area contributed by atoms with Gasteiger partial charge in [0.2, 0.25) is 0 Å². The fraction of sp³-hybridized carbons (Fsp3) is 0.222. The molecular formula is C9H7F4NO2. The van der Waals surface area contributed by atoms with Crippen molar-refractivity contribution in [2.45, 2.75) is 6.18 Å². The van der Waals surface area contributed by atoms with E-state index in [0.717, 1.165) is 13.2 Å². The van der Waals surface area contributed by atoms with Crippen LogP contribution in [0.2, 0.25) is 0 Å². The summed E-state index contributed by atoms with van der Waals surface area (Å²) in [6.07, 6.45) is -4.90. The Labute approximate surface area is 87.8 Å². The minimum atomic E-state index is -4.90. The quantitative estimate of drug-likeness (QED) is 0.463. The summed E-state index contributed by atoms with van der Waals surface area (Å²) in [6, 6.07) is 1.16. The van der Waals surface area contributed by atoms with E-state index in [9.17, 15) is 22.4 Å². The van der Waals surface area contributed by atoms with Crippen LogP contribution in [0.4, 0.5) is 23.2 Å². The Balaban J connectivity index is 3.34. The second-order valence-electron chi connectivity index (χ2n) is 2.91. The second-order valence-corrected chi connectivity index (χ2v) is 2.91. The standard InChI is InChI=1S/C9H7F4NO2/c1-16-8(15)4-2-5(10)7(6(14)3-4)9(11,12)13/h2-3H,14H2,1H3. The molecule has 0 aliphatic carbocycles. The molecule has 0 saturated heterocycles. The van der Waals surface area contributed by atoms with Gasteiger partial charge in [-0.05, 0) is 12.1 Å². The zero-order chi connectivity index (χ0) is 12.5. The molecule has 1 rings (SSSR count). The van der Waals surface area contributed by atoms with Crippen molar-refractivity contribution in [2.24, 2.45) is 0 Å². The van der Waals surface area contributed by atoms with Crippen molar-refractivity contribution in [1.82, 2.24) is 0 Å². The number of alkyl halides is 3. The summed E-state index contributed by atoms with van der Waals surface area (Å²) in [5.74, 6) is -2.56. The number of carbonyl (C=O) groups excluding carboxylic acids is 1. The van der Waals surface area contributed by atoms with E-state index in [1.807, 2.05) is 0 Å². The monoisotopic (exact) mass is 237 g/mol. The number of nitrogens with two attached hydrogens (primary N) is 1. The van der Waals surface area contributed by atoms with Crippen LogP contribution in [0, 0.1) is 5.82 Å². The van der Waals surface area contributed by atoms with Crippen molar-refractivity contribution in [2.75, 3.05) is 12.8 Å². The normalized spacial score (nSPS) is 11.3. The van der Waals surface area contributed by atoms with Gasteiger partial charge in [0.25, 0.3) is 0 Å². The van der Waals surface area contributed by atoms with Gasteiger partial charge in [-0.15, -0.1) is 0 Å². The molecule has 0 aliphatic heterocycles. The molecule has 0 unspecified atom stereocenters. The number of nitrogen functional groups attached to an aromatic ring is 1. The molecule has 0 bridgehead atoms. The van der Waals surface area contributed by atoms with E-state index in [2.05, 4.69) is 4.74 Å². The molecule has 0 aromatic heterocycles. The zero-order valence-electron chi connectivity index (χ0n) is 8.06. The molecule has 0 saturated carbocycles. The van der Waals surface area contributed by atoms with Crippen LogP contribution in [-0.4, -0.2) is 13.1 Å². The smallest absolute Gasteiger partial charge is 0.421 e. The molecule has 88 valence electrons. The van der Waals surface area contributed by atoms with Gasteiger partial charge in [0, 0.05) is 5.69 Å². The fourth-order valence-electron chi connectivity index (χ4n) is 1.16. The van der Waals surface area contributed by atoms with E-state index in [1.165, 1.54) is 0 Å². The molecule has 3 nitrogen and oxygen atoms in total. The molecule has 0 atom stereocenters. The Morgan fingerprint density at radius 3 is 2.31 bits per heavy atom. The van der Waals surface area contributed by atoms with Gasteiger partial charge in [0.05, 0.1) is 12.7 Å². The van der Waals surface area contributed by atoms with E-state index in [-0.39, 0.29) is 5.56 Å². The highest BCUT2D eigenvalue weighted by molar-refractivity contribution is 5.90. The largest absolute Gasteiger partial charge is 0.465 e. The van der Waals surface area contributed by atoms with Crippen LogP contribution in [0.25, 0.3) is 0 Å². The number of rotatable bonds is 1. The number of carbonyl (C=O) groups is 1. The van der Waals surface area contributed by atoms with Crippen LogP contribution in [0.3, 0.4) is 0 Å². The number of anilines is 1. The molecule has 0 aliphatic rings. The maximum atomic E-state index is 13.1. The number of methoxy groups -OCH3 is 1. The molecule has 1 aromatic carbocycles. The van der Waals surface area contributed by atoms with Crippen LogP contribution in [0.5, 0.6) is 0 Å². The number of benzene rings is 1. The van der Waals surface area contributed by atoms with Crippen molar-refractivity contribution in [3.63, 3.8) is 0 Å². The lowest BCUT2D eigenvalue weighted by Gasteiger charge is -2.11. The summed E-state index contributed by atoms with van der Waals surface area (Å²) in [5, 5.41) is 0. The predicted octanol–water partition coefficient (Wildman–Crippen LogP) is 2.21. The summed E-state index contributed by atoms with van der Waals surface area (Å²) < 4.78 is 54.2. The third kappa shape index (κ3) is 2.23. The molecule has 7 heteroatoms. The first kappa shape index (κ1) is 12.3. The Morgan fingerprint density at radius 1 is 1.38 bits per heavy atom. The minimum absolute atomic E-state index is 0.370. The van der Waals surface area contributed by atoms with E-state index in [0.29, 0.717) is 6.07 Å². The highest BCUT2D eigenvalue weighted by Gasteiger charge is 2.37. The third-order valence-electron chi connectivity index (χ3n) is 1.83. The SMILES string of the molecule is COC(=O)c1cc(N)c(C(F)(F)F)c(F)c1. The summed E-state index contributed by atoms with van der Waals surface area (Å²) in [5.41, 5.74) is 2.23. The number of hydrogen-bond acceptors (Lipinski definition) is 3. The minimum Gasteiger partial charge on any atom is -0.465 e. The topological polar surface area (TPSA) is 52.3 Å². The molecule has 0 fully saturated rings. The van der Waals surface area contributed by atoms with E-state index in [1.54, 1.807) is 0 Å². The highest BCUT2D eigenvalue weighted by Crippen LogP contribution is 2.36. The van der Waals surface area contributed by atoms with Crippen LogP contribution >= 0.6 is 0 Å². The highest BCUT2D eigenvalue weighted by atomic mass is 19.4. The van der Waals surface area contributed by atoms with Crippen molar-refractivity contribution < 1.29 is 27.1 Å². The number of hydrogen-bond donors (Lipinski definition) is 1. The molecular weight excluding hydrogens is 230 g/mol. The molecule has 2 N–H and O–H groups in total. The summed E-state index contributed by atoms with van der Waals surface area (Å²) >= 11 is 0. The zero-order valence-corrected chi connectivity index (χ0v) is 8.06. The van der Waals surface area contributed by atoms with Crippen molar-refractivity contribution in [1.29, 1.82) is 0 Å². The van der Waals surface area contributed by atoms with Crippen LogP contribution in [-0.2, 0) is 10.9 Å². The van der Waals surface area contributed by atoms with Gasteiger partial charge in [-0.1, -0.05) is 0 Å². The lowest BCUT2D eigenvalue weighted by molar-refractivity contribution is -0.139. The van der Waals surface area contributed by atoms with Gasteiger partial charge < -0.3 is 10.5 Å². The maximum absolute atomic E-state index is 13.1. The van der Waals surface area contributed by atoms with Crippen molar-refractivity contribution in [3.8, 4) is 0 Å². The van der Waals surface area contributed by atoms with Gasteiger partial charge in [-0.2, -0.15) is 13.2 Å². The van der Waals surface area contributed by atoms with Gasteiger partial charge >= 0.3 is 12.1 Å². The molecule has 1 aromatic rings.